The lowest BCUT2D eigenvalue weighted by Crippen LogP contribution is -2.54. The maximum absolute atomic E-state index is 12.9. The summed E-state index contributed by atoms with van der Waals surface area (Å²) in [6.45, 7) is 5.74. The van der Waals surface area contributed by atoms with Gasteiger partial charge in [0.2, 0.25) is 5.91 Å². The monoisotopic (exact) mass is 373 g/mol. The highest BCUT2D eigenvalue weighted by Gasteiger charge is 2.39. The molecule has 146 valence electrons. The molecule has 4 rings (SSSR count). The summed E-state index contributed by atoms with van der Waals surface area (Å²) in [4.78, 5) is 25.2. The lowest BCUT2D eigenvalue weighted by molar-refractivity contribution is -0.125. The van der Waals surface area contributed by atoms with E-state index < -0.39 is 5.60 Å². The second-order valence-corrected chi connectivity index (χ2v) is 8.44. The molecule has 2 fully saturated rings. The second-order valence-electron chi connectivity index (χ2n) is 8.44. The van der Waals surface area contributed by atoms with Crippen LogP contribution in [0.25, 0.3) is 5.52 Å². The molecule has 0 saturated heterocycles. The first kappa shape index (κ1) is 18.2. The smallest absolute Gasteiger partial charge is 0.293 e. The van der Waals surface area contributed by atoms with Crippen molar-refractivity contribution in [2.45, 2.75) is 82.9 Å². The average molecular weight is 373 g/mol. The van der Waals surface area contributed by atoms with E-state index in [1.807, 2.05) is 13.0 Å². The van der Waals surface area contributed by atoms with Crippen LogP contribution < -0.4 is 10.9 Å². The number of hydrogen-bond donors (Lipinski definition) is 2. The molecular weight excluding hydrogens is 346 g/mol. The molecule has 0 aromatic carbocycles. The Kier molecular flexibility index (Phi) is 4.33. The number of carbonyl (C=O) groups excluding carboxylic acids is 1. The first-order valence-electron chi connectivity index (χ1n) is 9.80. The van der Waals surface area contributed by atoms with Crippen LogP contribution in [0.5, 0.6) is 0 Å². The van der Waals surface area contributed by atoms with Crippen LogP contribution in [0.4, 0.5) is 0 Å². The van der Waals surface area contributed by atoms with Gasteiger partial charge in [-0.3, -0.25) is 9.59 Å². The van der Waals surface area contributed by atoms with Gasteiger partial charge in [-0.2, -0.15) is 10.2 Å². The maximum atomic E-state index is 12.9. The summed E-state index contributed by atoms with van der Waals surface area (Å²) in [6.07, 6.45) is 4.15. The third-order valence-electron chi connectivity index (χ3n) is 5.70. The Hall–Kier alpha value is -2.22. The minimum Gasteiger partial charge on any atom is -0.390 e. The highest BCUT2D eigenvalue weighted by Crippen LogP contribution is 2.39. The molecule has 2 heterocycles. The van der Waals surface area contributed by atoms with Crippen LogP contribution in [0, 0.1) is 0 Å². The van der Waals surface area contributed by atoms with E-state index in [-0.39, 0.29) is 30.0 Å². The molecule has 0 spiro atoms. The van der Waals surface area contributed by atoms with Gasteiger partial charge in [0.25, 0.3) is 5.56 Å². The molecule has 2 aromatic rings. The second kappa shape index (κ2) is 6.44. The van der Waals surface area contributed by atoms with E-state index in [1.165, 1.54) is 4.68 Å². The summed E-state index contributed by atoms with van der Waals surface area (Å²) < 4.78 is 2.92. The number of rotatable bonds is 6. The Labute approximate surface area is 157 Å². The summed E-state index contributed by atoms with van der Waals surface area (Å²) in [5.41, 5.74) is 0.433. The number of carbonyl (C=O) groups is 1. The van der Waals surface area contributed by atoms with Crippen LogP contribution >= 0.6 is 0 Å². The molecule has 8 heteroatoms. The molecule has 2 aliphatic rings. The van der Waals surface area contributed by atoms with Crippen molar-refractivity contribution in [2.24, 2.45) is 0 Å². The molecule has 27 heavy (non-hydrogen) atoms. The van der Waals surface area contributed by atoms with Crippen LogP contribution in [-0.4, -0.2) is 42.1 Å². The van der Waals surface area contributed by atoms with Crippen molar-refractivity contribution in [3.8, 4) is 0 Å². The molecule has 0 aliphatic heterocycles. The van der Waals surface area contributed by atoms with Crippen LogP contribution in [0.2, 0.25) is 0 Å². The molecule has 1 atom stereocenters. The summed E-state index contributed by atoms with van der Waals surface area (Å²) in [7, 11) is 0. The molecule has 0 bridgehead atoms. The van der Waals surface area contributed by atoms with Gasteiger partial charge in [0.05, 0.1) is 11.3 Å². The number of amides is 1. The third kappa shape index (κ3) is 3.50. The normalized spacial score (nSPS) is 26.0. The molecular formula is C19H27N5O3. The molecule has 1 amide bonds. The van der Waals surface area contributed by atoms with E-state index in [2.05, 4.69) is 22.4 Å². The average Bonchev–Trinajstić information content (AvgIpc) is 3.34. The zero-order chi connectivity index (χ0) is 19.3. The van der Waals surface area contributed by atoms with E-state index in [4.69, 9.17) is 0 Å². The minimum absolute atomic E-state index is 0.0441. The van der Waals surface area contributed by atoms with Crippen molar-refractivity contribution >= 4 is 11.4 Å². The number of fused-ring (bicyclic) bond motifs is 1. The quantitative estimate of drug-likeness (QED) is 0.795. The van der Waals surface area contributed by atoms with Crippen LogP contribution in [0.15, 0.2) is 10.9 Å². The molecule has 2 aliphatic carbocycles. The highest BCUT2D eigenvalue weighted by atomic mass is 16.3. The van der Waals surface area contributed by atoms with Crippen LogP contribution in [0.3, 0.4) is 0 Å². The fourth-order valence-corrected chi connectivity index (χ4v) is 3.76. The van der Waals surface area contributed by atoms with Gasteiger partial charge >= 0.3 is 0 Å². The number of nitrogens with zero attached hydrogens (tertiary/aromatic N) is 4. The number of aromatic nitrogens is 4. The number of aliphatic hydroxyl groups is 1. The lowest BCUT2D eigenvalue weighted by atomic mass is 9.77. The highest BCUT2D eigenvalue weighted by molar-refractivity contribution is 5.76. The maximum Gasteiger partial charge on any atom is 0.293 e. The van der Waals surface area contributed by atoms with Crippen molar-refractivity contribution < 1.29 is 9.90 Å². The Morgan fingerprint density at radius 3 is 2.70 bits per heavy atom. The Morgan fingerprint density at radius 2 is 2.11 bits per heavy atom. The SMILES string of the molecule is CCC(C)c1nn(CC(=O)NC2CC(C)(O)C2)c(=O)c2cc(C3CC3)nn12. The fourth-order valence-electron chi connectivity index (χ4n) is 3.76. The minimum atomic E-state index is -0.702. The molecule has 2 saturated carbocycles. The molecule has 2 aromatic heterocycles. The first-order chi connectivity index (χ1) is 12.8. The zero-order valence-corrected chi connectivity index (χ0v) is 16.1. The summed E-state index contributed by atoms with van der Waals surface area (Å²) in [6, 6.07) is 1.81. The van der Waals surface area contributed by atoms with Crippen LogP contribution in [0.1, 0.15) is 76.2 Å². The van der Waals surface area contributed by atoms with Gasteiger partial charge in [0.1, 0.15) is 12.1 Å². The summed E-state index contributed by atoms with van der Waals surface area (Å²) >= 11 is 0. The van der Waals surface area contributed by atoms with Crippen LogP contribution in [-0.2, 0) is 11.3 Å². The van der Waals surface area contributed by atoms with Crippen molar-refractivity contribution in [1.29, 1.82) is 0 Å². The Balaban J connectivity index is 1.62. The van der Waals surface area contributed by atoms with E-state index in [1.54, 1.807) is 11.4 Å². The summed E-state index contributed by atoms with van der Waals surface area (Å²) in [5, 5.41) is 21.8. The number of nitrogens with one attached hydrogen (secondary N) is 1. The lowest BCUT2D eigenvalue weighted by Gasteiger charge is -2.41. The predicted molar refractivity (Wildman–Crippen MR) is 99.7 cm³/mol. The summed E-state index contributed by atoms with van der Waals surface area (Å²) in [5.74, 6) is 1.01. The van der Waals surface area contributed by atoms with Gasteiger partial charge in [0, 0.05) is 17.9 Å². The zero-order valence-electron chi connectivity index (χ0n) is 16.1. The van der Waals surface area contributed by atoms with Crippen molar-refractivity contribution in [2.75, 3.05) is 0 Å². The molecule has 2 N–H and O–H groups in total. The molecule has 1 unspecified atom stereocenters. The van der Waals surface area contributed by atoms with Gasteiger partial charge in [-0.05, 0) is 45.1 Å². The van der Waals surface area contributed by atoms with Crippen molar-refractivity contribution in [3.63, 3.8) is 0 Å². The Morgan fingerprint density at radius 1 is 1.41 bits per heavy atom. The van der Waals surface area contributed by atoms with E-state index in [0.717, 1.165) is 25.0 Å². The first-order valence-corrected chi connectivity index (χ1v) is 9.80. The fraction of sp³-hybridized carbons (Fsp3) is 0.684. The molecule has 0 radical (unpaired) electrons. The predicted octanol–water partition coefficient (Wildman–Crippen LogP) is 1.31. The topological polar surface area (TPSA) is 102 Å². The van der Waals surface area contributed by atoms with Gasteiger partial charge in [-0.15, -0.1) is 0 Å². The van der Waals surface area contributed by atoms with Gasteiger partial charge in [0.15, 0.2) is 5.82 Å². The standard InChI is InChI=1S/C19H27N5O3/c1-4-11(2)17-22-23(10-16(25)20-13-8-19(3,27)9-13)18(26)15-7-14(12-5-6-12)21-24(15)17/h7,11-13,27H,4-6,8-10H2,1-3H3,(H,20,25). The van der Waals surface area contributed by atoms with Gasteiger partial charge in [-0.25, -0.2) is 9.20 Å². The number of hydrogen-bond acceptors (Lipinski definition) is 5. The van der Waals surface area contributed by atoms with E-state index >= 15 is 0 Å². The van der Waals surface area contributed by atoms with Crippen molar-refractivity contribution in [3.05, 3.63) is 27.9 Å². The van der Waals surface area contributed by atoms with E-state index in [0.29, 0.717) is 30.1 Å². The largest absolute Gasteiger partial charge is 0.390 e. The Bertz CT molecular complexity index is 933. The van der Waals surface area contributed by atoms with Gasteiger partial charge < -0.3 is 10.4 Å². The molecule has 8 nitrogen and oxygen atoms in total. The van der Waals surface area contributed by atoms with E-state index in [9.17, 15) is 14.7 Å². The van der Waals surface area contributed by atoms with Gasteiger partial charge in [-0.1, -0.05) is 13.8 Å². The van der Waals surface area contributed by atoms with Crippen molar-refractivity contribution in [1.82, 2.24) is 24.7 Å². The third-order valence-corrected chi connectivity index (χ3v) is 5.70.